The van der Waals surface area contributed by atoms with Gasteiger partial charge >= 0.3 is 5.97 Å². The van der Waals surface area contributed by atoms with Gasteiger partial charge in [0.2, 0.25) is 5.91 Å². The summed E-state index contributed by atoms with van der Waals surface area (Å²) in [6.45, 7) is 1.44. The van der Waals surface area contributed by atoms with Crippen LogP contribution < -0.4 is 15.1 Å². The van der Waals surface area contributed by atoms with Crippen LogP contribution in [0.3, 0.4) is 0 Å². The molecule has 0 unspecified atom stereocenters. The molecule has 1 aliphatic heterocycles. The summed E-state index contributed by atoms with van der Waals surface area (Å²) in [7, 11) is 7.94. The first-order chi connectivity index (χ1) is 15.2. The Hall–Kier alpha value is -3.80. The van der Waals surface area contributed by atoms with E-state index in [1.165, 1.54) is 6.92 Å². The summed E-state index contributed by atoms with van der Waals surface area (Å²) in [6, 6.07) is 21.4. The number of fused-ring (bicyclic) bond motifs is 1. The number of nitrogens with one attached hydrogen (secondary N) is 1. The van der Waals surface area contributed by atoms with E-state index in [-0.39, 0.29) is 5.91 Å². The van der Waals surface area contributed by atoms with Crippen molar-refractivity contribution in [3.63, 3.8) is 0 Å². The van der Waals surface area contributed by atoms with Gasteiger partial charge in [0.05, 0.1) is 5.56 Å². The Labute approximate surface area is 188 Å². The highest BCUT2D eigenvalue weighted by Crippen LogP contribution is 2.48. The van der Waals surface area contributed by atoms with Crippen LogP contribution in [0.25, 0.3) is 0 Å². The van der Waals surface area contributed by atoms with Gasteiger partial charge in [0.25, 0.3) is 0 Å². The maximum atomic E-state index is 13.1. The largest absolute Gasteiger partial charge is 0.441 e. The Morgan fingerprint density at radius 3 is 1.75 bits per heavy atom. The average molecular weight is 430 g/mol. The molecule has 0 saturated carbocycles. The minimum absolute atomic E-state index is 0.193. The molecule has 0 aromatic heterocycles. The Morgan fingerprint density at radius 1 is 0.812 bits per heavy atom. The molecule has 3 aromatic rings. The highest BCUT2D eigenvalue weighted by Gasteiger charge is 2.48. The Kier molecular flexibility index (Phi) is 5.38. The predicted molar refractivity (Wildman–Crippen MR) is 128 cm³/mol. The van der Waals surface area contributed by atoms with E-state index in [0.717, 1.165) is 28.1 Å². The van der Waals surface area contributed by atoms with Crippen LogP contribution in [0.15, 0.2) is 66.7 Å². The van der Waals surface area contributed by atoms with E-state index in [1.807, 2.05) is 92.6 Å². The maximum absolute atomic E-state index is 13.1. The number of esters is 1. The molecular formula is C26H27N3O3. The van der Waals surface area contributed by atoms with Crippen molar-refractivity contribution in [1.29, 1.82) is 0 Å². The van der Waals surface area contributed by atoms with Gasteiger partial charge in [0.15, 0.2) is 5.60 Å². The molecule has 0 fully saturated rings. The van der Waals surface area contributed by atoms with Crippen molar-refractivity contribution in [2.24, 2.45) is 0 Å². The van der Waals surface area contributed by atoms with E-state index < -0.39 is 11.6 Å². The highest BCUT2D eigenvalue weighted by molar-refractivity contribution is 5.99. The third-order valence-corrected chi connectivity index (χ3v) is 5.77. The Morgan fingerprint density at radius 2 is 1.31 bits per heavy atom. The molecule has 32 heavy (non-hydrogen) atoms. The molecule has 6 heteroatoms. The number of amides is 1. The van der Waals surface area contributed by atoms with E-state index in [2.05, 4.69) is 5.32 Å². The summed E-state index contributed by atoms with van der Waals surface area (Å²) in [5, 5.41) is 2.74. The highest BCUT2D eigenvalue weighted by atomic mass is 16.6. The molecule has 0 bridgehead atoms. The molecule has 1 heterocycles. The summed E-state index contributed by atoms with van der Waals surface area (Å²) in [5.41, 5.74) is 4.53. The summed E-state index contributed by atoms with van der Waals surface area (Å²) < 4.78 is 6.17. The number of carbonyl (C=O) groups excluding carboxylic acids is 2. The molecule has 164 valence electrons. The summed E-state index contributed by atoms with van der Waals surface area (Å²) in [6.07, 6.45) is 0. The van der Waals surface area contributed by atoms with Crippen LogP contribution in [0.5, 0.6) is 0 Å². The van der Waals surface area contributed by atoms with Crippen molar-refractivity contribution in [1.82, 2.24) is 0 Å². The molecule has 3 aromatic carbocycles. The molecule has 0 spiro atoms. The van der Waals surface area contributed by atoms with E-state index >= 15 is 0 Å². The van der Waals surface area contributed by atoms with Gasteiger partial charge in [-0.2, -0.15) is 0 Å². The van der Waals surface area contributed by atoms with E-state index in [9.17, 15) is 9.59 Å². The number of carbonyl (C=O) groups is 2. The predicted octanol–water partition coefficient (Wildman–Crippen LogP) is 4.24. The standard InChI is InChI=1S/C26H27N3O3/c1-17(30)27-20-10-15-24-23(16-20)25(31)32-26(24,18-6-11-21(12-7-18)28(2)3)19-8-13-22(14-9-19)29(4)5/h6-16H,1-5H3,(H,27,30). The van der Waals surface area contributed by atoms with Crippen LogP contribution in [-0.4, -0.2) is 40.1 Å². The number of benzene rings is 3. The number of ether oxygens (including phenoxy) is 1. The van der Waals surface area contributed by atoms with Crippen LogP contribution in [0, 0.1) is 0 Å². The van der Waals surface area contributed by atoms with E-state index in [1.54, 1.807) is 12.1 Å². The first kappa shape index (κ1) is 21.4. The van der Waals surface area contributed by atoms with Crippen LogP contribution in [0.2, 0.25) is 0 Å². The molecule has 4 rings (SSSR count). The summed E-state index contributed by atoms with van der Waals surface area (Å²) >= 11 is 0. The molecule has 0 aliphatic carbocycles. The minimum Gasteiger partial charge on any atom is -0.441 e. The SMILES string of the molecule is CC(=O)Nc1ccc2c(c1)C(=O)OC2(c1ccc(N(C)C)cc1)c1ccc(N(C)C)cc1. The molecule has 0 atom stereocenters. The number of anilines is 3. The second-order valence-corrected chi connectivity index (χ2v) is 8.39. The van der Waals surface area contributed by atoms with Crippen LogP contribution >= 0.6 is 0 Å². The number of rotatable bonds is 5. The van der Waals surface area contributed by atoms with Crippen molar-refractivity contribution in [2.45, 2.75) is 12.5 Å². The fraction of sp³-hybridized carbons (Fsp3) is 0.231. The second-order valence-electron chi connectivity index (χ2n) is 8.39. The molecule has 1 amide bonds. The fourth-order valence-corrected chi connectivity index (χ4v) is 4.13. The zero-order valence-corrected chi connectivity index (χ0v) is 19.0. The van der Waals surface area contributed by atoms with Crippen LogP contribution in [0.1, 0.15) is 34.0 Å². The lowest BCUT2D eigenvalue weighted by molar-refractivity contribution is -0.114. The van der Waals surface area contributed by atoms with Crippen molar-refractivity contribution in [3.05, 3.63) is 89.0 Å². The zero-order chi connectivity index (χ0) is 23.0. The lowest BCUT2D eigenvalue weighted by atomic mass is 9.79. The second kappa shape index (κ2) is 8.04. The first-order valence-electron chi connectivity index (χ1n) is 10.4. The lowest BCUT2D eigenvalue weighted by Gasteiger charge is -2.31. The van der Waals surface area contributed by atoms with E-state index in [4.69, 9.17) is 4.74 Å². The van der Waals surface area contributed by atoms with Gasteiger partial charge in [-0.05, 0) is 36.4 Å². The van der Waals surface area contributed by atoms with Crippen LogP contribution in [-0.2, 0) is 15.1 Å². The number of hydrogen-bond donors (Lipinski definition) is 1. The molecule has 0 saturated heterocycles. The molecule has 1 N–H and O–H groups in total. The number of hydrogen-bond acceptors (Lipinski definition) is 5. The topological polar surface area (TPSA) is 61.9 Å². The van der Waals surface area contributed by atoms with E-state index in [0.29, 0.717) is 11.3 Å². The van der Waals surface area contributed by atoms with Crippen molar-refractivity contribution in [2.75, 3.05) is 43.3 Å². The number of nitrogens with zero attached hydrogens (tertiary/aromatic N) is 2. The molecule has 1 aliphatic rings. The molecule has 0 radical (unpaired) electrons. The van der Waals surface area contributed by atoms with Gasteiger partial charge in [-0.15, -0.1) is 0 Å². The first-order valence-corrected chi connectivity index (χ1v) is 10.4. The third-order valence-electron chi connectivity index (χ3n) is 5.77. The van der Waals surface area contributed by atoms with Gasteiger partial charge in [-0.3, -0.25) is 4.79 Å². The molecule has 6 nitrogen and oxygen atoms in total. The van der Waals surface area contributed by atoms with Gasteiger partial charge in [0, 0.05) is 68.9 Å². The maximum Gasteiger partial charge on any atom is 0.340 e. The third kappa shape index (κ3) is 3.58. The van der Waals surface area contributed by atoms with Crippen molar-refractivity contribution < 1.29 is 14.3 Å². The van der Waals surface area contributed by atoms with Gasteiger partial charge in [-0.1, -0.05) is 30.3 Å². The van der Waals surface area contributed by atoms with Gasteiger partial charge in [0.1, 0.15) is 0 Å². The summed E-state index contributed by atoms with van der Waals surface area (Å²) in [5.74, 6) is -0.610. The zero-order valence-electron chi connectivity index (χ0n) is 19.0. The normalized spacial score (nSPS) is 13.8. The number of cyclic esters (lactones) is 1. The van der Waals surface area contributed by atoms with Gasteiger partial charge in [-0.25, -0.2) is 4.79 Å². The Balaban J connectivity index is 1.92. The minimum atomic E-state index is -1.07. The smallest absolute Gasteiger partial charge is 0.340 e. The average Bonchev–Trinajstić information content (AvgIpc) is 3.06. The lowest BCUT2D eigenvalue weighted by Crippen LogP contribution is -2.29. The fourth-order valence-electron chi connectivity index (χ4n) is 4.13. The van der Waals surface area contributed by atoms with Crippen molar-refractivity contribution >= 4 is 28.9 Å². The van der Waals surface area contributed by atoms with Crippen LogP contribution in [0.4, 0.5) is 17.1 Å². The van der Waals surface area contributed by atoms with Crippen molar-refractivity contribution in [3.8, 4) is 0 Å². The van der Waals surface area contributed by atoms with Gasteiger partial charge < -0.3 is 19.9 Å². The Bertz CT molecular complexity index is 1110. The molecular weight excluding hydrogens is 402 g/mol. The quantitative estimate of drug-likeness (QED) is 0.615. The summed E-state index contributed by atoms with van der Waals surface area (Å²) in [4.78, 5) is 28.6. The monoisotopic (exact) mass is 429 g/mol.